The summed E-state index contributed by atoms with van der Waals surface area (Å²) in [7, 11) is 0. The molecule has 2 aliphatic rings. The summed E-state index contributed by atoms with van der Waals surface area (Å²) < 4.78 is 13.6. The van der Waals surface area contributed by atoms with Gasteiger partial charge >= 0.3 is 0 Å². The minimum Gasteiger partial charge on any atom is -0.207 e. The van der Waals surface area contributed by atoms with Gasteiger partial charge < -0.3 is 0 Å². The van der Waals surface area contributed by atoms with Crippen molar-refractivity contribution in [2.45, 2.75) is 78.6 Å². The van der Waals surface area contributed by atoms with E-state index < -0.39 is 0 Å². The second-order valence-electron chi connectivity index (χ2n) is 8.99. The third kappa shape index (κ3) is 5.12. The SMILES string of the molecule is C=C(C1=CC1)C(CCc1ccc(F)c(C)c1)C1C[C@@H](CCCC)[C@@H](CC)C1. The summed E-state index contributed by atoms with van der Waals surface area (Å²) in [5.74, 6) is 3.11. The molecule has 0 radical (unpaired) electrons. The van der Waals surface area contributed by atoms with Crippen molar-refractivity contribution in [3.05, 3.63) is 58.9 Å². The third-order valence-corrected chi connectivity index (χ3v) is 7.13. The molecule has 1 saturated carbocycles. The predicted molar refractivity (Wildman–Crippen MR) is 114 cm³/mol. The van der Waals surface area contributed by atoms with E-state index in [1.165, 1.54) is 55.2 Å². The van der Waals surface area contributed by atoms with Crippen molar-refractivity contribution in [1.29, 1.82) is 0 Å². The summed E-state index contributed by atoms with van der Waals surface area (Å²) in [5.41, 5.74) is 4.94. The van der Waals surface area contributed by atoms with Gasteiger partial charge in [0, 0.05) is 0 Å². The summed E-state index contributed by atoms with van der Waals surface area (Å²) in [6, 6.07) is 5.62. The van der Waals surface area contributed by atoms with Crippen LogP contribution < -0.4 is 0 Å². The van der Waals surface area contributed by atoms with E-state index >= 15 is 0 Å². The zero-order valence-electron chi connectivity index (χ0n) is 17.6. The molecule has 1 aromatic carbocycles. The Hall–Kier alpha value is -1.37. The molecule has 0 spiro atoms. The van der Waals surface area contributed by atoms with Crippen LogP contribution in [0.5, 0.6) is 0 Å². The molecule has 4 atom stereocenters. The molecule has 2 unspecified atom stereocenters. The van der Waals surface area contributed by atoms with E-state index in [-0.39, 0.29) is 5.82 Å². The van der Waals surface area contributed by atoms with E-state index in [0.717, 1.165) is 42.6 Å². The minimum absolute atomic E-state index is 0.0943. The second kappa shape index (κ2) is 9.22. The molecular formula is C26H37F. The topological polar surface area (TPSA) is 0 Å². The van der Waals surface area contributed by atoms with E-state index in [1.54, 1.807) is 6.07 Å². The van der Waals surface area contributed by atoms with E-state index in [1.807, 2.05) is 19.1 Å². The molecule has 27 heavy (non-hydrogen) atoms. The van der Waals surface area contributed by atoms with Gasteiger partial charge in [0.05, 0.1) is 0 Å². The van der Waals surface area contributed by atoms with Crippen LogP contribution >= 0.6 is 0 Å². The maximum absolute atomic E-state index is 13.6. The number of halogens is 1. The van der Waals surface area contributed by atoms with E-state index in [4.69, 9.17) is 0 Å². The zero-order valence-corrected chi connectivity index (χ0v) is 17.6. The lowest BCUT2D eigenvalue weighted by Gasteiger charge is -2.26. The van der Waals surface area contributed by atoms with Gasteiger partial charge in [-0.05, 0) is 91.0 Å². The van der Waals surface area contributed by atoms with Crippen LogP contribution in [-0.2, 0) is 6.42 Å². The summed E-state index contributed by atoms with van der Waals surface area (Å²) in [5, 5.41) is 0. The first-order valence-corrected chi connectivity index (χ1v) is 11.2. The first-order chi connectivity index (χ1) is 13.0. The van der Waals surface area contributed by atoms with E-state index in [2.05, 4.69) is 26.5 Å². The largest absolute Gasteiger partial charge is 0.207 e. The van der Waals surface area contributed by atoms with Gasteiger partial charge in [-0.25, -0.2) is 4.39 Å². The summed E-state index contributed by atoms with van der Waals surface area (Å²) in [6.07, 6.45) is 13.8. The summed E-state index contributed by atoms with van der Waals surface area (Å²) in [4.78, 5) is 0. The Kier molecular flexibility index (Phi) is 6.95. The Morgan fingerprint density at radius 3 is 2.59 bits per heavy atom. The Balaban J connectivity index is 1.68. The maximum atomic E-state index is 13.6. The van der Waals surface area contributed by atoms with Gasteiger partial charge in [0.15, 0.2) is 0 Å². The lowest BCUT2D eigenvalue weighted by atomic mass is 9.79. The number of aryl methyl sites for hydroxylation is 2. The van der Waals surface area contributed by atoms with Gasteiger partial charge in [-0.3, -0.25) is 0 Å². The van der Waals surface area contributed by atoms with Gasteiger partial charge in [-0.15, -0.1) is 0 Å². The van der Waals surface area contributed by atoms with Crippen molar-refractivity contribution in [3.63, 3.8) is 0 Å². The first kappa shape index (κ1) is 20.4. The van der Waals surface area contributed by atoms with Crippen molar-refractivity contribution in [2.24, 2.45) is 23.7 Å². The molecule has 0 saturated heterocycles. The molecule has 2 aliphatic carbocycles. The molecule has 1 aromatic rings. The van der Waals surface area contributed by atoms with E-state index in [0.29, 0.717) is 5.92 Å². The zero-order chi connectivity index (χ0) is 19.4. The highest BCUT2D eigenvalue weighted by Crippen LogP contribution is 2.49. The fraction of sp³-hybridized carbons (Fsp3) is 0.615. The highest BCUT2D eigenvalue weighted by molar-refractivity contribution is 5.42. The molecule has 0 amide bonds. The molecule has 148 valence electrons. The molecule has 0 N–H and O–H groups in total. The number of hydrogen-bond acceptors (Lipinski definition) is 0. The Morgan fingerprint density at radius 2 is 1.96 bits per heavy atom. The Morgan fingerprint density at radius 1 is 1.22 bits per heavy atom. The molecule has 1 fully saturated rings. The van der Waals surface area contributed by atoms with Crippen LogP contribution in [0.3, 0.4) is 0 Å². The van der Waals surface area contributed by atoms with Crippen LogP contribution in [0, 0.1) is 36.4 Å². The maximum Gasteiger partial charge on any atom is 0.126 e. The van der Waals surface area contributed by atoms with Gasteiger partial charge in [0.1, 0.15) is 5.82 Å². The minimum atomic E-state index is -0.0943. The number of hydrogen-bond donors (Lipinski definition) is 0. The van der Waals surface area contributed by atoms with Gasteiger partial charge in [-0.2, -0.15) is 0 Å². The fourth-order valence-corrected chi connectivity index (χ4v) is 5.34. The smallest absolute Gasteiger partial charge is 0.126 e. The molecule has 1 heteroatoms. The van der Waals surface area contributed by atoms with Crippen LogP contribution in [0.4, 0.5) is 4.39 Å². The number of unbranched alkanes of at least 4 members (excludes halogenated alkanes) is 1. The van der Waals surface area contributed by atoms with Crippen LogP contribution in [0.15, 0.2) is 42.0 Å². The monoisotopic (exact) mass is 368 g/mol. The van der Waals surface area contributed by atoms with Gasteiger partial charge in [0.2, 0.25) is 0 Å². The number of allylic oxidation sites excluding steroid dienone is 3. The number of rotatable bonds is 10. The quantitative estimate of drug-likeness (QED) is 0.395. The van der Waals surface area contributed by atoms with E-state index in [9.17, 15) is 4.39 Å². The lowest BCUT2D eigenvalue weighted by molar-refractivity contribution is 0.344. The van der Waals surface area contributed by atoms with Gasteiger partial charge in [0.25, 0.3) is 0 Å². The van der Waals surface area contributed by atoms with Crippen molar-refractivity contribution >= 4 is 0 Å². The van der Waals surface area contributed by atoms with Crippen molar-refractivity contribution < 1.29 is 4.39 Å². The van der Waals surface area contributed by atoms with Crippen LogP contribution in [0.25, 0.3) is 0 Å². The lowest BCUT2D eigenvalue weighted by Crippen LogP contribution is -2.16. The number of benzene rings is 1. The van der Waals surface area contributed by atoms with Gasteiger partial charge in [-0.1, -0.05) is 64.3 Å². The first-order valence-electron chi connectivity index (χ1n) is 11.2. The standard InChI is InChI=1S/C26H37F/c1-5-7-8-23-17-24(16-21(23)6-2)25(19(4)22-11-12-22)13-9-20-10-14-26(27)18(3)15-20/h10-11,14-15,21,23-25H,4-9,12-13,16-17H2,1-3H3/t21-,23+,24?,25?/m0/s1. The predicted octanol–water partition coefficient (Wildman–Crippen LogP) is 7.81. The molecule has 0 bridgehead atoms. The molecule has 0 nitrogen and oxygen atoms in total. The average Bonchev–Trinajstić information content (AvgIpc) is 3.43. The summed E-state index contributed by atoms with van der Waals surface area (Å²) in [6.45, 7) is 11.1. The molecule has 0 aromatic heterocycles. The van der Waals surface area contributed by atoms with Crippen molar-refractivity contribution in [2.75, 3.05) is 0 Å². The Labute approximate surface area is 166 Å². The summed E-state index contributed by atoms with van der Waals surface area (Å²) >= 11 is 0. The van der Waals surface area contributed by atoms with Crippen LogP contribution in [0.2, 0.25) is 0 Å². The average molecular weight is 369 g/mol. The highest BCUT2D eigenvalue weighted by atomic mass is 19.1. The van der Waals surface area contributed by atoms with Crippen LogP contribution in [-0.4, -0.2) is 0 Å². The van der Waals surface area contributed by atoms with Crippen molar-refractivity contribution in [3.8, 4) is 0 Å². The normalized spacial score (nSPS) is 25.3. The molecular weight excluding hydrogens is 331 g/mol. The third-order valence-electron chi connectivity index (χ3n) is 7.13. The molecule has 0 aliphatic heterocycles. The molecule has 3 rings (SSSR count). The van der Waals surface area contributed by atoms with Crippen LogP contribution in [0.1, 0.15) is 76.3 Å². The second-order valence-corrected chi connectivity index (χ2v) is 8.99. The fourth-order valence-electron chi connectivity index (χ4n) is 5.34. The molecule has 0 heterocycles. The Bertz CT molecular complexity index is 683. The van der Waals surface area contributed by atoms with Crippen molar-refractivity contribution in [1.82, 2.24) is 0 Å². The highest BCUT2D eigenvalue weighted by Gasteiger charge is 2.38.